The minimum Gasteiger partial charge on any atom is -0.480 e. The monoisotopic (exact) mass is 371 g/mol. The Morgan fingerprint density at radius 3 is 2.86 bits per heavy atom. The molecule has 1 fully saturated rings. The van der Waals surface area contributed by atoms with E-state index in [0.717, 1.165) is 0 Å². The summed E-state index contributed by atoms with van der Waals surface area (Å²) in [4.78, 5) is 25.3. The molecule has 2 unspecified atom stereocenters. The Labute approximate surface area is 134 Å². The molecule has 0 saturated carbocycles. The van der Waals surface area contributed by atoms with Crippen LogP contribution in [0.3, 0.4) is 0 Å². The maximum Gasteiger partial charge on any atom is 0.326 e. The molecule has 0 aromatic heterocycles. The number of aliphatic carboxylic acids is 1. The number of likely N-dealkylation sites (tertiary alicyclic amines) is 1. The van der Waals surface area contributed by atoms with Crippen LogP contribution < -0.4 is 9.47 Å². The molecular formula is C14H14BrNO6. The lowest BCUT2D eigenvalue weighted by atomic mass is 10.1. The molecule has 22 heavy (non-hydrogen) atoms. The quantitative estimate of drug-likeness (QED) is 0.866. The number of carboxylic acids is 1. The molecule has 1 aromatic carbocycles. The minimum atomic E-state index is -1.03. The highest BCUT2D eigenvalue weighted by Gasteiger charge is 2.40. The number of methoxy groups -OCH3 is 1. The molecule has 2 aliphatic rings. The highest BCUT2D eigenvalue weighted by atomic mass is 79.9. The second kappa shape index (κ2) is 5.77. The molecule has 0 aliphatic carbocycles. The van der Waals surface area contributed by atoms with Gasteiger partial charge in [0.15, 0.2) is 11.5 Å². The van der Waals surface area contributed by atoms with Crippen LogP contribution in [0.5, 0.6) is 11.5 Å². The van der Waals surface area contributed by atoms with Gasteiger partial charge in [-0.15, -0.1) is 0 Å². The van der Waals surface area contributed by atoms with Crippen molar-refractivity contribution in [1.29, 1.82) is 0 Å². The molecule has 0 spiro atoms. The lowest BCUT2D eigenvalue weighted by Gasteiger charge is -2.21. The van der Waals surface area contributed by atoms with E-state index in [0.29, 0.717) is 21.5 Å². The lowest BCUT2D eigenvalue weighted by molar-refractivity contribution is -0.141. The third-order valence-electron chi connectivity index (χ3n) is 3.82. The average molecular weight is 372 g/mol. The standard InChI is InChI=1S/C14H14BrNO6/c1-20-8-4-10(14(18)19)16(5-8)13(17)7-2-9(15)12-11(3-7)21-6-22-12/h2-3,8,10H,4-6H2,1H3,(H,18,19). The molecule has 1 N–H and O–H groups in total. The van der Waals surface area contributed by atoms with Crippen LogP contribution in [0.4, 0.5) is 0 Å². The van der Waals surface area contributed by atoms with Gasteiger partial charge in [0.25, 0.3) is 5.91 Å². The van der Waals surface area contributed by atoms with E-state index in [1.165, 1.54) is 12.0 Å². The zero-order valence-corrected chi connectivity index (χ0v) is 13.3. The number of carbonyl (C=O) groups excluding carboxylic acids is 1. The van der Waals surface area contributed by atoms with Crippen LogP contribution in [-0.2, 0) is 9.53 Å². The van der Waals surface area contributed by atoms with Crippen molar-refractivity contribution in [1.82, 2.24) is 4.90 Å². The molecule has 8 heteroatoms. The number of carbonyl (C=O) groups is 2. The van der Waals surface area contributed by atoms with Crippen molar-refractivity contribution in [2.24, 2.45) is 0 Å². The van der Waals surface area contributed by atoms with Crippen molar-refractivity contribution in [2.45, 2.75) is 18.6 Å². The van der Waals surface area contributed by atoms with E-state index in [1.54, 1.807) is 12.1 Å². The zero-order valence-electron chi connectivity index (χ0n) is 11.7. The van der Waals surface area contributed by atoms with Crippen molar-refractivity contribution in [3.8, 4) is 11.5 Å². The predicted octanol–water partition coefficient (Wildman–Crippen LogP) is 1.49. The molecule has 0 bridgehead atoms. The number of benzene rings is 1. The topological polar surface area (TPSA) is 85.3 Å². The summed E-state index contributed by atoms with van der Waals surface area (Å²) in [6, 6.07) is 2.28. The van der Waals surface area contributed by atoms with Gasteiger partial charge in [0.2, 0.25) is 6.79 Å². The number of amides is 1. The Morgan fingerprint density at radius 1 is 1.41 bits per heavy atom. The Bertz CT molecular complexity index is 634. The van der Waals surface area contributed by atoms with Gasteiger partial charge in [0, 0.05) is 25.6 Å². The van der Waals surface area contributed by atoms with Crippen LogP contribution in [0.1, 0.15) is 16.8 Å². The molecule has 1 aromatic rings. The van der Waals surface area contributed by atoms with Crippen LogP contribution in [0.2, 0.25) is 0 Å². The number of hydrogen-bond acceptors (Lipinski definition) is 5. The Hall–Kier alpha value is -1.80. The number of carboxylic acid groups (broad SMARTS) is 1. The summed E-state index contributed by atoms with van der Waals surface area (Å²) in [5, 5.41) is 9.30. The van der Waals surface area contributed by atoms with Gasteiger partial charge in [-0.25, -0.2) is 4.79 Å². The fraction of sp³-hybridized carbons (Fsp3) is 0.429. The van der Waals surface area contributed by atoms with E-state index >= 15 is 0 Å². The molecule has 1 amide bonds. The van der Waals surface area contributed by atoms with Crippen LogP contribution in [-0.4, -0.2) is 54.5 Å². The predicted molar refractivity (Wildman–Crippen MR) is 78.1 cm³/mol. The van der Waals surface area contributed by atoms with E-state index in [9.17, 15) is 14.7 Å². The SMILES string of the molecule is COC1CC(C(=O)O)N(C(=O)c2cc(Br)c3c(c2)OCO3)C1. The van der Waals surface area contributed by atoms with Gasteiger partial charge in [-0.2, -0.15) is 0 Å². The van der Waals surface area contributed by atoms with E-state index in [2.05, 4.69) is 15.9 Å². The summed E-state index contributed by atoms with van der Waals surface area (Å²) >= 11 is 3.33. The van der Waals surface area contributed by atoms with Gasteiger partial charge in [0.05, 0.1) is 10.6 Å². The van der Waals surface area contributed by atoms with Crippen LogP contribution in [0.25, 0.3) is 0 Å². The van der Waals surface area contributed by atoms with Gasteiger partial charge in [0.1, 0.15) is 6.04 Å². The van der Waals surface area contributed by atoms with Crippen molar-refractivity contribution in [2.75, 3.05) is 20.4 Å². The van der Waals surface area contributed by atoms with Gasteiger partial charge >= 0.3 is 5.97 Å². The molecule has 2 heterocycles. The Balaban J connectivity index is 1.90. The fourth-order valence-electron chi connectivity index (χ4n) is 2.68. The Morgan fingerprint density at radius 2 is 2.18 bits per heavy atom. The van der Waals surface area contributed by atoms with Gasteiger partial charge < -0.3 is 24.2 Å². The summed E-state index contributed by atoms with van der Waals surface area (Å²) in [6.45, 7) is 0.344. The first-order chi connectivity index (χ1) is 10.5. The first-order valence-electron chi connectivity index (χ1n) is 6.67. The number of fused-ring (bicyclic) bond motifs is 1. The molecule has 2 aliphatic heterocycles. The smallest absolute Gasteiger partial charge is 0.326 e. The molecule has 1 saturated heterocycles. The second-order valence-electron chi connectivity index (χ2n) is 5.10. The average Bonchev–Trinajstić information content (AvgIpc) is 3.12. The summed E-state index contributed by atoms with van der Waals surface area (Å²) < 4.78 is 16.4. The molecule has 3 rings (SSSR count). The molecule has 2 atom stereocenters. The molecule has 118 valence electrons. The van der Waals surface area contributed by atoms with Crippen molar-refractivity contribution in [3.05, 3.63) is 22.2 Å². The number of rotatable bonds is 3. The van der Waals surface area contributed by atoms with Crippen LogP contribution in [0, 0.1) is 0 Å². The van der Waals surface area contributed by atoms with Gasteiger partial charge in [-0.1, -0.05) is 0 Å². The maximum absolute atomic E-state index is 12.7. The normalized spacial score (nSPS) is 22.9. The fourth-order valence-corrected chi connectivity index (χ4v) is 3.24. The summed E-state index contributed by atoms with van der Waals surface area (Å²) in [6.07, 6.45) is 0.00558. The maximum atomic E-state index is 12.7. The number of hydrogen-bond donors (Lipinski definition) is 1. The molecule has 0 radical (unpaired) electrons. The van der Waals surface area contributed by atoms with Crippen molar-refractivity contribution >= 4 is 27.8 Å². The van der Waals surface area contributed by atoms with Gasteiger partial charge in [-0.05, 0) is 28.1 Å². The summed E-state index contributed by atoms with van der Waals surface area (Å²) in [7, 11) is 1.51. The summed E-state index contributed by atoms with van der Waals surface area (Å²) in [5.41, 5.74) is 0.346. The third-order valence-corrected chi connectivity index (χ3v) is 4.41. The van der Waals surface area contributed by atoms with E-state index in [1.807, 2.05) is 0 Å². The highest BCUT2D eigenvalue weighted by molar-refractivity contribution is 9.10. The number of ether oxygens (including phenoxy) is 3. The van der Waals surface area contributed by atoms with Crippen molar-refractivity contribution < 1.29 is 28.9 Å². The largest absolute Gasteiger partial charge is 0.480 e. The van der Waals surface area contributed by atoms with Gasteiger partial charge in [-0.3, -0.25) is 4.79 Å². The third kappa shape index (κ3) is 2.52. The van der Waals surface area contributed by atoms with E-state index in [4.69, 9.17) is 14.2 Å². The number of halogens is 1. The van der Waals surface area contributed by atoms with E-state index < -0.39 is 12.0 Å². The first-order valence-corrected chi connectivity index (χ1v) is 7.46. The zero-order chi connectivity index (χ0) is 15.9. The lowest BCUT2D eigenvalue weighted by Crippen LogP contribution is -2.40. The molecular weight excluding hydrogens is 358 g/mol. The summed E-state index contributed by atoms with van der Waals surface area (Å²) in [5.74, 6) is -0.395. The first kappa shape index (κ1) is 15.1. The Kier molecular flexibility index (Phi) is 3.96. The van der Waals surface area contributed by atoms with Crippen molar-refractivity contribution in [3.63, 3.8) is 0 Å². The van der Waals surface area contributed by atoms with E-state index in [-0.39, 0.29) is 31.8 Å². The van der Waals surface area contributed by atoms with Crippen LogP contribution >= 0.6 is 15.9 Å². The number of nitrogens with zero attached hydrogens (tertiary/aromatic N) is 1. The molecule has 7 nitrogen and oxygen atoms in total. The minimum absolute atomic E-state index is 0.0960. The second-order valence-corrected chi connectivity index (χ2v) is 5.95. The van der Waals surface area contributed by atoms with Crippen LogP contribution in [0.15, 0.2) is 16.6 Å². The highest BCUT2D eigenvalue weighted by Crippen LogP contribution is 2.40.